The standard InChI is InChI=1S/C10H11N3O2/c1-3-15-10(14)8(6-11)9-12-5-4-7(2)13-9/h4-5,8H,3H2,1-2H3. The van der Waals surface area contributed by atoms with E-state index < -0.39 is 11.9 Å². The fourth-order valence-corrected chi connectivity index (χ4v) is 1.05. The number of carbonyl (C=O) groups is 1. The summed E-state index contributed by atoms with van der Waals surface area (Å²) in [6, 6.07) is 3.53. The summed E-state index contributed by atoms with van der Waals surface area (Å²) in [7, 11) is 0. The molecule has 5 nitrogen and oxygen atoms in total. The van der Waals surface area contributed by atoms with Crippen LogP contribution < -0.4 is 0 Å². The van der Waals surface area contributed by atoms with E-state index in [2.05, 4.69) is 9.97 Å². The first-order chi connectivity index (χ1) is 7.19. The number of aryl methyl sites for hydroxylation is 1. The van der Waals surface area contributed by atoms with Gasteiger partial charge in [-0.05, 0) is 19.9 Å². The third-order valence-electron chi connectivity index (χ3n) is 1.72. The van der Waals surface area contributed by atoms with Crippen molar-refractivity contribution in [1.29, 1.82) is 5.26 Å². The van der Waals surface area contributed by atoms with Gasteiger partial charge in [-0.2, -0.15) is 5.26 Å². The molecule has 0 spiro atoms. The fraction of sp³-hybridized carbons (Fsp3) is 0.400. The van der Waals surface area contributed by atoms with E-state index in [0.29, 0.717) is 5.69 Å². The predicted octanol–water partition coefficient (Wildman–Crippen LogP) is 0.955. The molecule has 1 aromatic heterocycles. The summed E-state index contributed by atoms with van der Waals surface area (Å²) in [5.41, 5.74) is 0.713. The van der Waals surface area contributed by atoms with Crippen molar-refractivity contribution in [2.24, 2.45) is 0 Å². The van der Waals surface area contributed by atoms with Crippen LogP contribution in [0.15, 0.2) is 12.3 Å². The lowest BCUT2D eigenvalue weighted by Crippen LogP contribution is -2.17. The second-order valence-electron chi connectivity index (χ2n) is 2.87. The van der Waals surface area contributed by atoms with E-state index in [4.69, 9.17) is 10.00 Å². The number of aromatic nitrogens is 2. The van der Waals surface area contributed by atoms with E-state index in [9.17, 15) is 4.79 Å². The molecule has 0 saturated carbocycles. The summed E-state index contributed by atoms with van der Waals surface area (Å²) < 4.78 is 4.75. The molecule has 15 heavy (non-hydrogen) atoms. The maximum Gasteiger partial charge on any atom is 0.331 e. The highest BCUT2D eigenvalue weighted by Gasteiger charge is 2.24. The number of rotatable bonds is 3. The second kappa shape index (κ2) is 5.05. The Balaban J connectivity index is 2.93. The van der Waals surface area contributed by atoms with Gasteiger partial charge >= 0.3 is 5.97 Å². The molecule has 0 N–H and O–H groups in total. The molecule has 1 rings (SSSR count). The van der Waals surface area contributed by atoms with Gasteiger partial charge in [0, 0.05) is 11.9 Å². The van der Waals surface area contributed by atoms with Crippen molar-refractivity contribution in [3.05, 3.63) is 23.8 Å². The third-order valence-corrected chi connectivity index (χ3v) is 1.72. The molecule has 1 aromatic rings. The van der Waals surface area contributed by atoms with Crippen molar-refractivity contribution in [2.45, 2.75) is 19.8 Å². The van der Waals surface area contributed by atoms with Gasteiger partial charge in [-0.3, -0.25) is 4.79 Å². The molecule has 5 heteroatoms. The molecule has 0 fully saturated rings. The van der Waals surface area contributed by atoms with Crippen LogP contribution >= 0.6 is 0 Å². The summed E-state index contributed by atoms with van der Waals surface area (Å²) in [5, 5.41) is 8.84. The zero-order valence-corrected chi connectivity index (χ0v) is 8.60. The van der Waals surface area contributed by atoms with E-state index in [1.165, 1.54) is 6.20 Å². The topological polar surface area (TPSA) is 75.9 Å². The van der Waals surface area contributed by atoms with Gasteiger partial charge in [0.15, 0.2) is 5.82 Å². The van der Waals surface area contributed by atoms with Crippen LogP contribution in [0.4, 0.5) is 0 Å². The van der Waals surface area contributed by atoms with Crippen LogP contribution in [0.25, 0.3) is 0 Å². The normalized spacial score (nSPS) is 11.5. The highest BCUT2D eigenvalue weighted by Crippen LogP contribution is 2.11. The maximum absolute atomic E-state index is 11.4. The van der Waals surface area contributed by atoms with Gasteiger partial charge in [0.1, 0.15) is 0 Å². The Hall–Kier alpha value is -1.96. The molecule has 1 heterocycles. The molecule has 1 atom stereocenters. The fourth-order valence-electron chi connectivity index (χ4n) is 1.05. The summed E-state index contributed by atoms with van der Waals surface area (Å²) in [4.78, 5) is 19.3. The van der Waals surface area contributed by atoms with Crippen LogP contribution in [-0.2, 0) is 9.53 Å². The van der Waals surface area contributed by atoms with Crippen LogP contribution in [0.2, 0.25) is 0 Å². The second-order valence-corrected chi connectivity index (χ2v) is 2.87. The molecule has 1 unspecified atom stereocenters. The SMILES string of the molecule is CCOC(=O)C(C#N)c1nccc(C)n1. The first kappa shape index (κ1) is 11.1. The molecule has 0 aliphatic rings. The highest BCUT2D eigenvalue weighted by atomic mass is 16.5. The number of nitriles is 1. The van der Waals surface area contributed by atoms with E-state index in [-0.39, 0.29) is 12.4 Å². The van der Waals surface area contributed by atoms with Gasteiger partial charge in [-0.1, -0.05) is 0 Å². The maximum atomic E-state index is 11.4. The van der Waals surface area contributed by atoms with Crippen molar-refractivity contribution in [1.82, 2.24) is 9.97 Å². The van der Waals surface area contributed by atoms with Crippen LogP contribution in [0.5, 0.6) is 0 Å². The summed E-state index contributed by atoms with van der Waals surface area (Å²) >= 11 is 0. The molecule has 0 amide bonds. The van der Waals surface area contributed by atoms with Crippen molar-refractivity contribution >= 4 is 5.97 Å². The van der Waals surface area contributed by atoms with E-state index in [1.807, 2.05) is 6.07 Å². The number of hydrogen-bond acceptors (Lipinski definition) is 5. The number of esters is 1. The zero-order chi connectivity index (χ0) is 11.3. The van der Waals surface area contributed by atoms with Crippen molar-refractivity contribution in [3.8, 4) is 6.07 Å². The Labute approximate surface area is 87.7 Å². The van der Waals surface area contributed by atoms with Gasteiger partial charge in [0.2, 0.25) is 5.92 Å². The van der Waals surface area contributed by atoms with Gasteiger partial charge in [-0.25, -0.2) is 9.97 Å². The molecule has 0 aliphatic carbocycles. The number of carbonyl (C=O) groups excluding carboxylic acids is 1. The lowest BCUT2D eigenvalue weighted by Gasteiger charge is -2.06. The highest BCUT2D eigenvalue weighted by molar-refractivity contribution is 5.80. The Morgan fingerprint density at radius 1 is 1.73 bits per heavy atom. The molecular weight excluding hydrogens is 194 g/mol. The molecule has 0 aromatic carbocycles. The monoisotopic (exact) mass is 205 g/mol. The Morgan fingerprint density at radius 3 is 3.00 bits per heavy atom. The largest absolute Gasteiger partial charge is 0.465 e. The molecule has 0 aliphatic heterocycles. The van der Waals surface area contributed by atoms with Crippen LogP contribution in [0.3, 0.4) is 0 Å². The van der Waals surface area contributed by atoms with Gasteiger partial charge in [-0.15, -0.1) is 0 Å². The minimum Gasteiger partial charge on any atom is -0.465 e. The third kappa shape index (κ3) is 2.74. The minimum atomic E-state index is -1.04. The van der Waals surface area contributed by atoms with Gasteiger partial charge in [0.25, 0.3) is 0 Å². The molecule has 78 valence electrons. The summed E-state index contributed by atoms with van der Waals surface area (Å²) in [6.07, 6.45) is 1.52. The number of nitrogens with zero attached hydrogens (tertiary/aromatic N) is 3. The van der Waals surface area contributed by atoms with Crippen LogP contribution in [0, 0.1) is 18.3 Å². The number of hydrogen-bond donors (Lipinski definition) is 0. The Kier molecular flexibility index (Phi) is 3.75. The minimum absolute atomic E-state index is 0.191. The molecule has 0 bridgehead atoms. The van der Waals surface area contributed by atoms with Crippen LogP contribution in [-0.4, -0.2) is 22.5 Å². The van der Waals surface area contributed by atoms with Gasteiger partial charge in [0.05, 0.1) is 12.7 Å². The zero-order valence-electron chi connectivity index (χ0n) is 8.60. The molecule has 0 saturated heterocycles. The Bertz CT molecular complexity index is 398. The smallest absolute Gasteiger partial charge is 0.331 e. The quantitative estimate of drug-likeness (QED) is 0.687. The lowest BCUT2D eigenvalue weighted by molar-refractivity contribution is -0.143. The van der Waals surface area contributed by atoms with Gasteiger partial charge < -0.3 is 4.74 Å². The van der Waals surface area contributed by atoms with Crippen LogP contribution in [0.1, 0.15) is 24.4 Å². The average Bonchev–Trinajstić information content (AvgIpc) is 2.19. The number of ether oxygens (including phenoxy) is 1. The summed E-state index contributed by atoms with van der Waals surface area (Å²) in [6.45, 7) is 3.69. The van der Waals surface area contributed by atoms with E-state index in [0.717, 1.165) is 0 Å². The van der Waals surface area contributed by atoms with Crippen molar-refractivity contribution in [2.75, 3.05) is 6.61 Å². The molecule has 0 radical (unpaired) electrons. The van der Waals surface area contributed by atoms with E-state index >= 15 is 0 Å². The molecular formula is C10H11N3O2. The first-order valence-corrected chi connectivity index (χ1v) is 4.54. The summed E-state index contributed by atoms with van der Waals surface area (Å²) in [5.74, 6) is -1.45. The first-order valence-electron chi connectivity index (χ1n) is 4.54. The van der Waals surface area contributed by atoms with Crippen molar-refractivity contribution in [3.63, 3.8) is 0 Å². The van der Waals surface area contributed by atoms with Crippen molar-refractivity contribution < 1.29 is 9.53 Å². The average molecular weight is 205 g/mol. The van der Waals surface area contributed by atoms with E-state index in [1.54, 1.807) is 19.9 Å². The predicted molar refractivity (Wildman–Crippen MR) is 51.8 cm³/mol. The Morgan fingerprint density at radius 2 is 2.47 bits per heavy atom. The lowest BCUT2D eigenvalue weighted by atomic mass is 10.1.